The van der Waals surface area contributed by atoms with Gasteiger partial charge in [0.1, 0.15) is 48.8 Å². The molecule has 5 rings (SSSR count). The summed E-state index contributed by atoms with van der Waals surface area (Å²) in [7, 11) is 6.73. The van der Waals surface area contributed by atoms with Gasteiger partial charge in [-0.25, -0.2) is 9.07 Å². The molecule has 1 aromatic carbocycles. The number of cyclic esters (lactones) is 1. The highest BCUT2D eigenvalue weighted by Crippen LogP contribution is 2.41. The van der Waals surface area contributed by atoms with Crippen LogP contribution in [0, 0.1) is 17.8 Å². The number of aliphatic hydroxyl groups is 5. The van der Waals surface area contributed by atoms with Crippen LogP contribution in [0.15, 0.2) is 30.5 Å². The minimum absolute atomic E-state index is 0.0852. The van der Waals surface area contributed by atoms with Crippen molar-refractivity contribution in [2.24, 2.45) is 17.8 Å². The van der Waals surface area contributed by atoms with Crippen LogP contribution in [0.25, 0.3) is 0 Å². The second kappa shape index (κ2) is 25.6. The molecule has 0 radical (unpaired) electrons. The zero-order valence-electron chi connectivity index (χ0n) is 45.1. The monoisotopic (exact) mass is 1040 g/mol. The molecule has 0 amide bonds. The van der Waals surface area contributed by atoms with E-state index >= 15 is 0 Å². The van der Waals surface area contributed by atoms with Crippen molar-refractivity contribution in [3.8, 4) is 0 Å². The molecule has 4 heterocycles. The molecule has 20 atom stereocenters. The van der Waals surface area contributed by atoms with E-state index in [1.165, 1.54) is 25.8 Å². The Morgan fingerprint density at radius 3 is 2.25 bits per heavy atom. The van der Waals surface area contributed by atoms with Gasteiger partial charge in [-0.05, 0) is 98.9 Å². The Balaban J connectivity index is 1.45. The number of aromatic nitrogens is 3. The molecule has 0 unspecified atom stereocenters. The first-order valence-corrected chi connectivity index (χ1v) is 26.2. The summed E-state index contributed by atoms with van der Waals surface area (Å²) in [5.41, 5.74) is -2.26. The van der Waals surface area contributed by atoms with Crippen molar-refractivity contribution in [1.82, 2.24) is 24.8 Å². The van der Waals surface area contributed by atoms with Crippen molar-refractivity contribution in [1.29, 1.82) is 0 Å². The number of esters is 1. The molecule has 5 N–H and O–H groups in total. The molecule has 0 spiro atoms. The van der Waals surface area contributed by atoms with Gasteiger partial charge in [0, 0.05) is 70.2 Å². The van der Waals surface area contributed by atoms with E-state index < -0.39 is 127 Å². The van der Waals surface area contributed by atoms with Crippen LogP contribution < -0.4 is 0 Å². The largest absolute Gasteiger partial charge is 0.459 e. The van der Waals surface area contributed by atoms with Crippen LogP contribution >= 0.6 is 11.6 Å². The molecular weight excluding hydrogens is 957 g/mol. The molecule has 20 heteroatoms. The van der Waals surface area contributed by atoms with Gasteiger partial charge in [-0.3, -0.25) is 4.79 Å². The first-order chi connectivity index (χ1) is 33.8. The van der Waals surface area contributed by atoms with E-state index in [-0.39, 0.29) is 25.2 Å². The number of benzene rings is 1. The lowest BCUT2D eigenvalue weighted by Crippen LogP contribution is -2.61. The lowest BCUT2D eigenvalue weighted by Gasteiger charge is -2.49. The fraction of sp³-hybridized carbons (Fsp3) is 0.827. The van der Waals surface area contributed by atoms with Gasteiger partial charge in [0.25, 0.3) is 0 Å². The van der Waals surface area contributed by atoms with Crippen LogP contribution in [0.3, 0.4) is 0 Å². The van der Waals surface area contributed by atoms with Crippen LogP contribution in [0.1, 0.15) is 124 Å². The number of hydrogen-bond acceptors (Lipinski definition) is 17. The summed E-state index contributed by atoms with van der Waals surface area (Å²) in [6.07, 6.45) is -7.93. The molecule has 0 bridgehead atoms. The van der Waals surface area contributed by atoms with Gasteiger partial charge in [0.2, 0.25) is 0 Å². The second-order valence-corrected chi connectivity index (χ2v) is 22.1. The molecule has 1 aromatic heterocycles. The van der Waals surface area contributed by atoms with Crippen molar-refractivity contribution in [3.05, 3.63) is 47.3 Å². The maximum absolute atomic E-state index is 14.7. The summed E-state index contributed by atoms with van der Waals surface area (Å²) < 4.78 is 60.2. The third-order valence-electron chi connectivity index (χ3n) is 16.0. The number of likely N-dealkylation sites (N-methyl/N-ethyl adjacent to an activating group) is 2. The number of carbonyl (C=O) groups excluding carboxylic acids is 1. The highest BCUT2D eigenvalue weighted by Gasteiger charge is 2.53. The van der Waals surface area contributed by atoms with E-state index in [0.29, 0.717) is 37.5 Å². The SMILES string of the molecule is CC[C@H]1OC(=O)[C@H](C)[C@@H](O[C@H]2C[C@@](C)(OC)[C@@H](O)[C@H](C)O2)[C@H](C)[C@@H](O[C@@H]2O[C@H](C)C[C@H](N(C)CCc3cn([C@H](CF)[C@H](OC)c4ccc(CCl)cc4)nn3)[C@H]2O)[C@](C)(O)C[C@@H](C)CN(C)[C@H](C)[C@@H](O)[C@]1(C)O. The van der Waals surface area contributed by atoms with Crippen molar-refractivity contribution in [2.45, 2.75) is 210 Å². The number of alkyl halides is 2. The first kappa shape index (κ1) is 60.4. The number of rotatable bonds is 16. The fourth-order valence-corrected chi connectivity index (χ4v) is 11.5. The molecule has 412 valence electrons. The molecule has 2 aromatic rings. The standard InChI is InChI=1S/C52H87ClFN5O13/c1-15-40-52(10,65)45(61)33(6)58(12)27-29(2)23-50(8,64)47(31(4)43(32(5)48(63)70-40)71-41-24-51(9,67-14)46(62)34(7)69-41)72-49-42(60)38(22-30(3)68-49)57(11)21-20-37-28-59(56-55-37)39(26-54)44(66-13)36-18-16-35(25-53)17-19-36/h16-19,28-34,38-47,49,60-62,64-65H,15,20-27H2,1-14H3/t29-,30-,31+,32-,33-,34+,38+,39-,40-,41+,42-,43+,44-,45-,46+,47-,49+,50-,51-,52-/m1/s1. The number of nitrogens with zero attached hydrogens (tertiary/aromatic N) is 5. The van der Waals surface area contributed by atoms with Crippen LogP contribution in [-0.4, -0.2) is 195 Å². The molecule has 3 saturated heterocycles. The van der Waals surface area contributed by atoms with Crippen molar-refractivity contribution in [2.75, 3.05) is 48.1 Å². The lowest BCUT2D eigenvalue weighted by atomic mass is 9.77. The number of aliphatic hydroxyl groups excluding tert-OH is 3. The number of methoxy groups -OCH3 is 2. The van der Waals surface area contributed by atoms with Gasteiger partial charge in [-0.15, -0.1) is 16.7 Å². The van der Waals surface area contributed by atoms with Crippen LogP contribution in [0.4, 0.5) is 4.39 Å². The van der Waals surface area contributed by atoms with E-state index in [4.69, 9.17) is 44.8 Å². The molecule has 3 aliphatic heterocycles. The van der Waals surface area contributed by atoms with Gasteiger partial charge >= 0.3 is 5.97 Å². The van der Waals surface area contributed by atoms with E-state index in [2.05, 4.69) is 10.3 Å². The smallest absolute Gasteiger partial charge is 0.311 e. The topological polar surface area (TPSA) is 220 Å². The van der Waals surface area contributed by atoms with Crippen molar-refractivity contribution in [3.63, 3.8) is 0 Å². The highest BCUT2D eigenvalue weighted by atomic mass is 35.5. The summed E-state index contributed by atoms with van der Waals surface area (Å²) in [4.78, 5) is 18.4. The minimum Gasteiger partial charge on any atom is -0.459 e. The van der Waals surface area contributed by atoms with E-state index in [1.807, 2.05) is 62.0 Å². The Labute approximate surface area is 431 Å². The van der Waals surface area contributed by atoms with Crippen LogP contribution in [-0.2, 0) is 50.3 Å². The summed E-state index contributed by atoms with van der Waals surface area (Å²) >= 11 is 5.99. The molecule has 3 fully saturated rings. The molecule has 0 aliphatic carbocycles. The Bertz CT molecular complexity index is 1990. The highest BCUT2D eigenvalue weighted by molar-refractivity contribution is 6.17. The third-order valence-corrected chi connectivity index (χ3v) is 16.3. The maximum atomic E-state index is 14.7. The molecule has 3 aliphatic rings. The van der Waals surface area contributed by atoms with Gasteiger partial charge in [0.15, 0.2) is 12.6 Å². The van der Waals surface area contributed by atoms with Gasteiger partial charge in [0.05, 0.1) is 47.2 Å². The van der Waals surface area contributed by atoms with E-state index in [9.17, 15) is 34.7 Å². The maximum Gasteiger partial charge on any atom is 0.311 e. The Morgan fingerprint density at radius 1 is 0.986 bits per heavy atom. The zero-order valence-corrected chi connectivity index (χ0v) is 45.8. The predicted octanol–water partition coefficient (Wildman–Crippen LogP) is 4.74. The summed E-state index contributed by atoms with van der Waals surface area (Å²) in [6.45, 7) is 17.5. The zero-order chi connectivity index (χ0) is 53.6. The average molecular weight is 1040 g/mol. The molecule has 18 nitrogen and oxygen atoms in total. The fourth-order valence-electron chi connectivity index (χ4n) is 11.3. The second-order valence-electron chi connectivity index (χ2n) is 21.9. The normalized spacial score (nSPS) is 40.0. The van der Waals surface area contributed by atoms with E-state index in [1.54, 1.807) is 54.7 Å². The van der Waals surface area contributed by atoms with Gasteiger partial charge < -0.3 is 68.5 Å². The quantitative estimate of drug-likeness (QED) is 0.113. The molecule has 72 heavy (non-hydrogen) atoms. The van der Waals surface area contributed by atoms with E-state index in [0.717, 1.165) is 11.1 Å². The first-order valence-electron chi connectivity index (χ1n) is 25.7. The number of halogens is 2. The van der Waals surface area contributed by atoms with Crippen LogP contribution in [0.2, 0.25) is 0 Å². The summed E-state index contributed by atoms with van der Waals surface area (Å²) in [6, 6.07) is 5.64. The van der Waals surface area contributed by atoms with Crippen molar-refractivity contribution < 1.29 is 67.9 Å². The summed E-state index contributed by atoms with van der Waals surface area (Å²) in [5, 5.41) is 68.4. The lowest BCUT2D eigenvalue weighted by molar-refractivity contribution is -0.318. The van der Waals surface area contributed by atoms with Gasteiger partial charge in [-0.2, -0.15) is 0 Å². The predicted molar refractivity (Wildman–Crippen MR) is 268 cm³/mol. The molecule has 0 saturated carbocycles. The Morgan fingerprint density at radius 2 is 1.65 bits per heavy atom. The Hall–Kier alpha value is -2.47. The Kier molecular flexibility index (Phi) is 21.5. The number of hydrogen-bond donors (Lipinski definition) is 5. The van der Waals surface area contributed by atoms with Crippen molar-refractivity contribution >= 4 is 17.6 Å². The van der Waals surface area contributed by atoms with Gasteiger partial charge in [-0.1, -0.05) is 50.3 Å². The average Bonchev–Trinajstić information content (AvgIpc) is 3.81. The number of ether oxygens (including phenoxy) is 7. The molecular formula is C52H87ClFN5O13. The minimum atomic E-state index is -1.85. The summed E-state index contributed by atoms with van der Waals surface area (Å²) in [5.74, 6) is -2.51. The third kappa shape index (κ3) is 13.9. The van der Waals surface area contributed by atoms with Crippen LogP contribution in [0.5, 0.6) is 0 Å². The number of carbonyl (C=O) groups is 1.